The van der Waals surface area contributed by atoms with Gasteiger partial charge in [0.2, 0.25) is 0 Å². The van der Waals surface area contributed by atoms with Crippen LogP contribution in [0.3, 0.4) is 0 Å². The average Bonchev–Trinajstić information content (AvgIpc) is 1.61. The molecule has 4 aromatic rings. The molecule has 6 aliphatic heterocycles. The molecule has 1 saturated heterocycles. The van der Waals surface area contributed by atoms with Crippen LogP contribution in [0, 0.1) is 59.2 Å². The van der Waals surface area contributed by atoms with E-state index in [1.807, 2.05) is 27.7 Å². The van der Waals surface area contributed by atoms with Crippen molar-refractivity contribution >= 4 is 33.6 Å². The van der Waals surface area contributed by atoms with Gasteiger partial charge in [0.25, 0.3) is 0 Å². The molecule has 0 radical (unpaired) electrons. The molecule has 2 spiro atoms. The highest BCUT2D eigenvalue weighted by Crippen LogP contribution is 2.66. The van der Waals surface area contributed by atoms with Gasteiger partial charge in [-0.2, -0.15) is 0 Å². The number of ether oxygens (including phenoxy) is 5. The number of benzene rings is 4. The molecule has 91 heavy (non-hydrogen) atoms. The van der Waals surface area contributed by atoms with E-state index < -0.39 is 35.5 Å². The Morgan fingerprint density at radius 2 is 1.80 bits per heavy atom. The number of aliphatic hydroxyl groups is 1. The molecule has 4 aromatic carbocycles. The van der Waals surface area contributed by atoms with E-state index >= 15 is 0 Å². The monoisotopic (exact) mass is 1260 g/mol. The summed E-state index contributed by atoms with van der Waals surface area (Å²) in [4.78, 5) is 13.5. The predicted molar refractivity (Wildman–Crippen MR) is 359 cm³/mol. The van der Waals surface area contributed by atoms with Gasteiger partial charge >= 0.3 is 5.97 Å². The lowest BCUT2D eigenvalue weighted by Crippen LogP contribution is -2.49. The van der Waals surface area contributed by atoms with E-state index in [1.165, 1.54) is 36.5 Å². The zero-order valence-corrected chi connectivity index (χ0v) is 54.7. The Kier molecular flexibility index (Phi) is 16.8. The molecule has 4 fully saturated rings. The highest BCUT2D eigenvalue weighted by atomic mass is 33.1. The van der Waals surface area contributed by atoms with Crippen LogP contribution >= 0.6 is 21.6 Å². The SMILES string of the molecule is CCC1=CC2=C(C#C[C@@H]3C#C[C@@H]4Cc5cccc(c5)C5(CCCCC5)[C@@H]2[C@H]2CC[C@]5(Cc6cc(O)cc(OC)c6-c6ccc7c(c65)O[C@H](c5c6c(c(O)c(c53)CNC[C@@H](CO)[C@H]4COC)O[C@H]3CSSC[C@@H]4CCC[C@@H](C4)N[C@H]3C=C6)[C@H]7COC(C)=O)C2)NC1N. The minimum absolute atomic E-state index is 0.0133. The summed E-state index contributed by atoms with van der Waals surface area (Å²) in [5, 5.41) is 48.8. The fourth-order valence-electron chi connectivity index (χ4n) is 19.1. The van der Waals surface area contributed by atoms with Gasteiger partial charge in [0.15, 0.2) is 11.5 Å². The first-order valence-electron chi connectivity index (χ1n) is 33.9. The van der Waals surface area contributed by atoms with Gasteiger partial charge < -0.3 is 60.7 Å². The van der Waals surface area contributed by atoms with Crippen molar-refractivity contribution in [2.45, 2.75) is 170 Å². The molecule has 0 amide bonds. The first-order chi connectivity index (χ1) is 44.4. The number of phenols is 2. The van der Waals surface area contributed by atoms with E-state index in [2.05, 4.69) is 101 Å². The molecule has 3 saturated carbocycles. The van der Waals surface area contributed by atoms with Crippen molar-refractivity contribution in [3.05, 3.63) is 128 Å². The van der Waals surface area contributed by atoms with E-state index in [4.69, 9.17) is 29.4 Å². The molecule has 11 bridgehead atoms. The number of carbonyl (C=O) groups is 1. The summed E-state index contributed by atoms with van der Waals surface area (Å²) in [6.45, 7) is 4.55. The number of allylic oxidation sites excluding steroid dienone is 3. The molecule has 15 rings (SSSR count). The zero-order valence-electron chi connectivity index (χ0n) is 53.1. The summed E-state index contributed by atoms with van der Waals surface area (Å²) in [6, 6.07) is 17.7. The van der Waals surface area contributed by atoms with Gasteiger partial charge in [0.1, 0.15) is 42.0 Å². The maximum atomic E-state index is 13.7. The van der Waals surface area contributed by atoms with Crippen molar-refractivity contribution in [1.82, 2.24) is 16.0 Å². The van der Waals surface area contributed by atoms with Gasteiger partial charge in [-0.1, -0.05) is 127 Å². The number of nitrogens with one attached hydrogen (secondary N) is 3. The minimum atomic E-state index is -0.854. The molecule has 8 N–H and O–H groups in total. The topological polar surface area (TPSA) is 186 Å². The Morgan fingerprint density at radius 3 is 2.63 bits per heavy atom. The van der Waals surface area contributed by atoms with Crippen molar-refractivity contribution in [2.24, 2.45) is 41.2 Å². The third-order valence-corrected chi connectivity index (χ3v) is 25.8. The predicted octanol–water partition coefficient (Wildman–Crippen LogP) is 12.1. The number of carbonyl (C=O) groups excluding carboxylic acids is 1. The number of esters is 1. The summed E-state index contributed by atoms with van der Waals surface area (Å²) in [5.41, 5.74) is 20.1. The quantitative estimate of drug-likeness (QED) is 0.0526. The highest BCUT2D eigenvalue weighted by Gasteiger charge is 2.57. The maximum Gasteiger partial charge on any atom is 0.302 e. The standard InChI is InChI=1S/C76H88N4O9S2/c1-5-45-31-57-61(80-74(45)77)21-17-46-15-16-47-27-43-11-9-13-51(28-43)76(24-7-6-8-25-76)68(57)48-23-26-75(33-48)34-49-30-53(83)32-63(86-4)65(49)55-19-18-54-60(39-87-42(2)82)71(89-72(54)69(55)75)67-56-20-22-62-64(41-91-90-40-44-12-10-14-52(29-44)79-62)88-73(56)70(84)58(66(46)67)36-78-35-50(37-81)59(47)38-85-3/h9,11,13,18-20,22,28,30-32,44,46-48,50,52,59-60,62,64,68,71,74,78-81,83-84H,5-8,10,12,14,23-27,29,33-41,77H2,1-4H3/t44-,46+,47-,48+,50+,52+,59+,60+,62+,64+,68-,71+,74?,75-/m1/s1. The zero-order chi connectivity index (χ0) is 62.3. The number of phenolic OH excluding ortho intramolecular Hbond substituents is 2. The maximum absolute atomic E-state index is 13.7. The van der Waals surface area contributed by atoms with Crippen LogP contribution in [-0.4, -0.2) is 97.7 Å². The normalized spacial score (nSPS) is 32.2. The van der Waals surface area contributed by atoms with Crippen LogP contribution in [0.25, 0.3) is 17.2 Å². The molecule has 6 heterocycles. The fraction of sp³-hybridized carbons (Fsp3) is 0.539. The van der Waals surface area contributed by atoms with Gasteiger partial charge in [0.05, 0.1) is 37.5 Å². The second kappa shape index (κ2) is 25.0. The van der Waals surface area contributed by atoms with Crippen molar-refractivity contribution < 1.29 is 43.8 Å². The van der Waals surface area contributed by atoms with Crippen LogP contribution in [0.2, 0.25) is 0 Å². The smallest absolute Gasteiger partial charge is 0.302 e. The Bertz CT molecular complexity index is 3770. The summed E-state index contributed by atoms with van der Waals surface area (Å²) in [5.74, 6) is 17.7. The van der Waals surface area contributed by atoms with Gasteiger partial charge in [0, 0.05) is 119 Å². The van der Waals surface area contributed by atoms with E-state index in [-0.39, 0.29) is 78.4 Å². The molecule has 15 heteroatoms. The van der Waals surface area contributed by atoms with Gasteiger partial charge in [-0.05, 0) is 139 Å². The highest BCUT2D eigenvalue weighted by molar-refractivity contribution is 8.76. The Labute approximate surface area is 544 Å². The van der Waals surface area contributed by atoms with E-state index in [1.54, 1.807) is 20.3 Å². The summed E-state index contributed by atoms with van der Waals surface area (Å²) >= 11 is 0. The number of rotatable bonds is 7. The number of hydrogen-bond donors (Lipinski definition) is 7. The number of aromatic hydroxyl groups is 2. The van der Waals surface area contributed by atoms with E-state index in [0.717, 1.165) is 132 Å². The molecular formula is C76H88N4O9S2. The van der Waals surface area contributed by atoms with Crippen LogP contribution in [-0.2, 0) is 44.5 Å². The number of fused-ring (bicyclic) bond motifs is 16. The summed E-state index contributed by atoms with van der Waals surface area (Å²) < 4.78 is 34.4. The first-order valence-corrected chi connectivity index (χ1v) is 36.4. The van der Waals surface area contributed by atoms with Crippen molar-refractivity contribution in [1.29, 1.82) is 0 Å². The number of hydrogen-bond acceptors (Lipinski definition) is 15. The lowest BCUT2D eigenvalue weighted by Gasteiger charge is -2.49. The molecular weight excluding hydrogens is 1180 g/mol. The van der Waals surface area contributed by atoms with Crippen LogP contribution in [0.1, 0.15) is 165 Å². The molecule has 1 unspecified atom stereocenters. The van der Waals surface area contributed by atoms with E-state index in [0.29, 0.717) is 66.3 Å². The van der Waals surface area contributed by atoms with Gasteiger partial charge in [-0.15, -0.1) is 0 Å². The van der Waals surface area contributed by atoms with Crippen LogP contribution < -0.4 is 35.9 Å². The van der Waals surface area contributed by atoms with Crippen molar-refractivity contribution in [3.63, 3.8) is 0 Å². The van der Waals surface area contributed by atoms with E-state index in [9.17, 15) is 20.1 Å². The number of dihydropyridines is 1. The Hall–Kier alpha value is -6.01. The number of aliphatic hydroxyl groups excluding tert-OH is 1. The van der Waals surface area contributed by atoms with Gasteiger partial charge in [-0.25, -0.2) is 0 Å². The summed E-state index contributed by atoms with van der Waals surface area (Å²) in [7, 11) is 7.20. The van der Waals surface area contributed by atoms with Crippen LogP contribution in [0.5, 0.6) is 28.7 Å². The third kappa shape index (κ3) is 10.8. The largest absolute Gasteiger partial charge is 0.508 e. The third-order valence-electron chi connectivity index (χ3n) is 23.2. The fourth-order valence-corrected chi connectivity index (χ4v) is 21.8. The first kappa shape index (κ1) is 61.2. The van der Waals surface area contributed by atoms with Gasteiger partial charge in [-0.3, -0.25) is 4.79 Å². The van der Waals surface area contributed by atoms with Crippen LogP contribution in [0.15, 0.2) is 77.5 Å². The molecule has 5 aliphatic carbocycles. The second-order valence-corrected chi connectivity index (χ2v) is 30.9. The molecule has 478 valence electrons. The van der Waals surface area contributed by atoms with Crippen molar-refractivity contribution in [3.8, 4) is 63.6 Å². The molecule has 0 aromatic heterocycles. The van der Waals surface area contributed by atoms with Crippen LogP contribution in [0.4, 0.5) is 0 Å². The lowest BCUT2D eigenvalue weighted by molar-refractivity contribution is -0.141. The summed E-state index contributed by atoms with van der Waals surface area (Å²) in [6.07, 6.45) is 19.8. The molecule has 14 atom stereocenters. The average molecular weight is 1270 g/mol. The molecule has 11 aliphatic rings. The second-order valence-electron chi connectivity index (χ2n) is 28.3. The number of methoxy groups -OCH3 is 2. The minimum Gasteiger partial charge on any atom is -0.508 e. The lowest BCUT2D eigenvalue weighted by atomic mass is 9.55. The van der Waals surface area contributed by atoms with Crippen molar-refractivity contribution in [2.75, 3.05) is 52.1 Å². The Morgan fingerprint density at radius 1 is 0.934 bits per heavy atom. The molecule has 13 nitrogen and oxygen atoms in total. The number of nitrogens with two attached hydrogens (primary N) is 1. The Balaban J connectivity index is 1.09.